The van der Waals surface area contributed by atoms with Gasteiger partial charge in [-0.05, 0) is 54.7 Å². The Bertz CT molecular complexity index is 894. The van der Waals surface area contributed by atoms with Crippen molar-refractivity contribution in [2.75, 3.05) is 0 Å². The zero-order valence-electron chi connectivity index (χ0n) is 16.3. The molecule has 3 aromatic rings. The fourth-order valence-electron chi connectivity index (χ4n) is 3.67. The number of phenols is 1. The second kappa shape index (κ2) is 6.95. The summed E-state index contributed by atoms with van der Waals surface area (Å²) in [5.41, 5.74) is -1.67. The lowest BCUT2D eigenvalue weighted by atomic mass is 9.87. The molecule has 3 aromatic carbocycles. The second-order valence-electron chi connectivity index (χ2n) is 7.62. The molecule has 1 nitrogen and oxygen atoms in total. The maximum absolute atomic E-state index is 14.6. The standard InChI is InChI=1S/C14H12F2.C10H14O/c1-13(15)10-7-3-5-9-6-4-8-11(12(9)10)14(13,2)16;1-3-8(2)9-4-6-10(11)7-5-9/h3-8H,1-2H3;4-8,11H,3H2,1-2H3. The molecule has 1 aliphatic carbocycles. The summed E-state index contributed by atoms with van der Waals surface area (Å²) in [5.74, 6) is 0.938. The molecule has 4 rings (SSSR count). The Balaban J connectivity index is 0.000000168. The number of hydrogen-bond acceptors (Lipinski definition) is 1. The van der Waals surface area contributed by atoms with Crippen LogP contribution in [0.15, 0.2) is 60.7 Å². The van der Waals surface area contributed by atoms with E-state index in [9.17, 15) is 8.78 Å². The Morgan fingerprint density at radius 1 is 0.852 bits per heavy atom. The minimum Gasteiger partial charge on any atom is -0.508 e. The summed E-state index contributed by atoms with van der Waals surface area (Å²) in [7, 11) is 0. The van der Waals surface area contributed by atoms with Crippen molar-refractivity contribution in [3.8, 4) is 5.75 Å². The minimum atomic E-state index is -1.95. The fourth-order valence-corrected chi connectivity index (χ4v) is 3.67. The van der Waals surface area contributed by atoms with Gasteiger partial charge in [-0.15, -0.1) is 0 Å². The van der Waals surface area contributed by atoms with Gasteiger partial charge in [0.2, 0.25) is 0 Å². The van der Waals surface area contributed by atoms with Gasteiger partial charge in [0.05, 0.1) is 0 Å². The first-order valence-corrected chi connectivity index (χ1v) is 9.39. The Kier molecular flexibility index (Phi) is 4.98. The van der Waals surface area contributed by atoms with Crippen LogP contribution in [0.25, 0.3) is 10.8 Å². The number of phenolic OH excluding ortho intramolecular Hbond substituents is 1. The van der Waals surface area contributed by atoms with E-state index in [4.69, 9.17) is 5.11 Å². The first kappa shape index (κ1) is 19.3. The van der Waals surface area contributed by atoms with Crippen LogP contribution in [0, 0.1) is 0 Å². The Labute approximate surface area is 159 Å². The molecule has 142 valence electrons. The van der Waals surface area contributed by atoms with Gasteiger partial charge in [-0.3, -0.25) is 0 Å². The van der Waals surface area contributed by atoms with E-state index in [-0.39, 0.29) is 0 Å². The van der Waals surface area contributed by atoms with Gasteiger partial charge in [0.15, 0.2) is 11.3 Å². The Morgan fingerprint density at radius 3 is 1.78 bits per heavy atom. The van der Waals surface area contributed by atoms with E-state index in [2.05, 4.69) is 13.8 Å². The smallest absolute Gasteiger partial charge is 0.171 e. The molecule has 0 bridgehead atoms. The van der Waals surface area contributed by atoms with Crippen LogP contribution in [0.4, 0.5) is 8.78 Å². The molecule has 0 saturated carbocycles. The van der Waals surface area contributed by atoms with Crippen molar-refractivity contribution in [3.63, 3.8) is 0 Å². The van der Waals surface area contributed by atoms with Crippen LogP contribution in [0.3, 0.4) is 0 Å². The van der Waals surface area contributed by atoms with Crippen molar-refractivity contribution in [2.45, 2.75) is 51.4 Å². The summed E-state index contributed by atoms with van der Waals surface area (Å²) in [6, 6.07) is 18.1. The lowest BCUT2D eigenvalue weighted by Crippen LogP contribution is -2.33. The lowest BCUT2D eigenvalue weighted by Gasteiger charge is -2.28. The summed E-state index contributed by atoms with van der Waals surface area (Å²) < 4.78 is 29.2. The van der Waals surface area contributed by atoms with Crippen molar-refractivity contribution in [2.24, 2.45) is 0 Å². The Morgan fingerprint density at radius 2 is 1.33 bits per heavy atom. The van der Waals surface area contributed by atoms with Gasteiger partial charge in [0, 0.05) is 11.1 Å². The monoisotopic (exact) mass is 368 g/mol. The van der Waals surface area contributed by atoms with Crippen LogP contribution < -0.4 is 0 Å². The SMILES string of the molecule is CC1(F)c2cccc3cccc(c23)C1(C)F.CCC(C)c1ccc(O)cc1. The molecule has 0 aromatic heterocycles. The van der Waals surface area contributed by atoms with Crippen molar-refractivity contribution in [1.82, 2.24) is 0 Å². The third kappa shape index (κ3) is 3.20. The van der Waals surface area contributed by atoms with Gasteiger partial charge in [0.1, 0.15) is 5.75 Å². The topological polar surface area (TPSA) is 20.2 Å². The van der Waals surface area contributed by atoms with Crippen LogP contribution in [0.5, 0.6) is 5.75 Å². The molecule has 3 atom stereocenters. The largest absolute Gasteiger partial charge is 0.508 e. The molecule has 3 unspecified atom stereocenters. The van der Waals surface area contributed by atoms with E-state index >= 15 is 0 Å². The molecule has 3 heteroatoms. The van der Waals surface area contributed by atoms with Crippen LogP contribution in [0.2, 0.25) is 0 Å². The quantitative estimate of drug-likeness (QED) is 0.510. The molecule has 0 amide bonds. The molecular weight excluding hydrogens is 342 g/mol. The highest BCUT2D eigenvalue weighted by atomic mass is 19.2. The summed E-state index contributed by atoms with van der Waals surface area (Å²) >= 11 is 0. The van der Waals surface area contributed by atoms with Gasteiger partial charge in [0.25, 0.3) is 0 Å². The number of halogens is 2. The summed E-state index contributed by atoms with van der Waals surface area (Å²) in [4.78, 5) is 0. The van der Waals surface area contributed by atoms with Crippen LogP contribution in [-0.4, -0.2) is 5.11 Å². The first-order valence-electron chi connectivity index (χ1n) is 9.39. The molecule has 0 heterocycles. The molecule has 27 heavy (non-hydrogen) atoms. The average molecular weight is 368 g/mol. The fraction of sp³-hybridized carbons (Fsp3) is 0.333. The maximum atomic E-state index is 14.6. The highest BCUT2D eigenvalue weighted by Crippen LogP contribution is 2.56. The van der Waals surface area contributed by atoms with Gasteiger partial charge in [-0.1, -0.05) is 62.4 Å². The van der Waals surface area contributed by atoms with E-state index in [1.54, 1.807) is 36.4 Å². The maximum Gasteiger partial charge on any atom is 0.171 e. The van der Waals surface area contributed by atoms with Crippen LogP contribution in [-0.2, 0) is 11.3 Å². The zero-order valence-corrected chi connectivity index (χ0v) is 16.3. The Hall–Kier alpha value is -2.42. The van der Waals surface area contributed by atoms with E-state index < -0.39 is 11.3 Å². The van der Waals surface area contributed by atoms with E-state index in [1.807, 2.05) is 24.3 Å². The van der Waals surface area contributed by atoms with Crippen molar-refractivity contribution >= 4 is 10.8 Å². The third-order valence-electron chi connectivity index (χ3n) is 5.87. The molecule has 0 saturated heterocycles. The number of benzene rings is 3. The highest BCUT2D eigenvalue weighted by Gasteiger charge is 2.55. The predicted molar refractivity (Wildman–Crippen MR) is 108 cm³/mol. The van der Waals surface area contributed by atoms with Crippen LogP contribution in [0.1, 0.15) is 56.7 Å². The first-order chi connectivity index (χ1) is 12.7. The van der Waals surface area contributed by atoms with Gasteiger partial charge >= 0.3 is 0 Å². The molecule has 1 aliphatic rings. The number of hydrogen-bond donors (Lipinski definition) is 1. The average Bonchev–Trinajstić information content (AvgIpc) is 2.82. The van der Waals surface area contributed by atoms with E-state index in [0.717, 1.165) is 17.2 Å². The molecule has 0 radical (unpaired) electrons. The van der Waals surface area contributed by atoms with Gasteiger partial charge in [-0.2, -0.15) is 0 Å². The number of rotatable bonds is 2. The minimum absolute atomic E-state index is 0.344. The third-order valence-corrected chi connectivity index (χ3v) is 5.87. The van der Waals surface area contributed by atoms with Crippen molar-refractivity contribution in [1.29, 1.82) is 0 Å². The van der Waals surface area contributed by atoms with Crippen molar-refractivity contribution in [3.05, 3.63) is 77.4 Å². The summed E-state index contributed by atoms with van der Waals surface area (Å²) in [5, 5.41) is 10.7. The van der Waals surface area contributed by atoms with Gasteiger partial charge < -0.3 is 5.11 Å². The normalized spacial score (nSPS) is 24.4. The van der Waals surface area contributed by atoms with E-state index in [0.29, 0.717) is 22.8 Å². The van der Waals surface area contributed by atoms with Crippen LogP contribution >= 0.6 is 0 Å². The van der Waals surface area contributed by atoms with Crippen molar-refractivity contribution < 1.29 is 13.9 Å². The van der Waals surface area contributed by atoms with E-state index in [1.165, 1.54) is 19.4 Å². The second-order valence-corrected chi connectivity index (χ2v) is 7.62. The summed E-state index contributed by atoms with van der Waals surface area (Å²) in [6.07, 6.45) is 1.14. The summed E-state index contributed by atoms with van der Waals surface area (Å²) in [6.45, 7) is 6.99. The molecular formula is C24H26F2O. The number of aromatic hydroxyl groups is 1. The lowest BCUT2D eigenvalue weighted by molar-refractivity contribution is -0.0132. The molecule has 1 N–H and O–H groups in total. The highest BCUT2D eigenvalue weighted by molar-refractivity contribution is 5.93. The molecule has 0 fully saturated rings. The van der Waals surface area contributed by atoms with Gasteiger partial charge in [-0.25, -0.2) is 8.78 Å². The number of alkyl halides is 2. The molecule has 0 aliphatic heterocycles. The zero-order chi connectivity index (χ0) is 19.8. The molecule has 0 spiro atoms. The predicted octanol–water partition coefficient (Wildman–Crippen LogP) is 7.13.